The summed E-state index contributed by atoms with van der Waals surface area (Å²) in [6, 6.07) is 3.78. The van der Waals surface area contributed by atoms with Gasteiger partial charge in [-0.05, 0) is 50.9 Å². The van der Waals surface area contributed by atoms with Crippen molar-refractivity contribution in [2.75, 3.05) is 13.1 Å². The van der Waals surface area contributed by atoms with E-state index in [1.165, 1.54) is 32.1 Å². The smallest absolute Gasteiger partial charge is 0.184 e. The van der Waals surface area contributed by atoms with Crippen molar-refractivity contribution in [3.8, 4) is 0 Å². The van der Waals surface area contributed by atoms with E-state index in [4.69, 9.17) is 0 Å². The molecule has 1 saturated carbocycles. The minimum Gasteiger partial charge on any atom is -0.292 e. The van der Waals surface area contributed by atoms with Gasteiger partial charge in [-0.15, -0.1) is 0 Å². The Hall–Kier alpha value is -1.22. The molecule has 0 amide bonds. The highest BCUT2D eigenvalue weighted by Gasteiger charge is 2.46. The minimum atomic E-state index is -0.219. The number of likely N-dealkylation sites (tertiary alicyclic amines) is 1. The Labute approximate surface area is 115 Å². The lowest BCUT2D eigenvalue weighted by Gasteiger charge is -2.42. The summed E-state index contributed by atoms with van der Waals surface area (Å²) in [7, 11) is 0. The van der Waals surface area contributed by atoms with Gasteiger partial charge in [-0.25, -0.2) is 0 Å². The third-order valence-corrected chi connectivity index (χ3v) is 4.74. The number of aromatic nitrogens is 1. The Morgan fingerprint density at radius 3 is 2.47 bits per heavy atom. The third-order valence-electron chi connectivity index (χ3n) is 4.74. The minimum absolute atomic E-state index is 0.219. The molecule has 0 atom stereocenters. The number of pyridine rings is 1. The number of hydrogen-bond donors (Lipinski definition) is 0. The van der Waals surface area contributed by atoms with Gasteiger partial charge < -0.3 is 0 Å². The fourth-order valence-corrected chi connectivity index (χ4v) is 3.73. The van der Waals surface area contributed by atoms with Crippen molar-refractivity contribution in [1.82, 2.24) is 9.88 Å². The quantitative estimate of drug-likeness (QED) is 0.781. The monoisotopic (exact) mass is 258 g/mol. The van der Waals surface area contributed by atoms with Crippen molar-refractivity contribution >= 4 is 5.78 Å². The number of Topliss-reactive ketones (excluding diaryl/α,β-unsaturated/α-hetero) is 1. The van der Waals surface area contributed by atoms with Gasteiger partial charge in [-0.3, -0.25) is 14.7 Å². The summed E-state index contributed by atoms with van der Waals surface area (Å²) in [5, 5.41) is 0. The van der Waals surface area contributed by atoms with Gasteiger partial charge in [0.2, 0.25) is 0 Å². The van der Waals surface area contributed by atoms with Crippen LogP contribution >= 0.6 is 0 Å². The van der Waals surface area contributed by atoms with E-state index >= 15 is 0 Å². The maximum atomic E-state index is 13.0. The first-order valence-electron chi connectivity index (χ1n) is 7.53. The first kappa shape index (κ1) is 12.8. The van der Waals surface area contributed by atoms with Crippen molar-refractivity contribution < 1.29 is 4.79 Å². The number of carbonyl (C=O) groups is 1. The topological polar surface area (TPSA) is 33.2 Å². The molecule has 2 heterocycles. The molecule has 0 N–H and O–H groups in total. The second-order valence-electron chi connectivity index (χ2n) is 5.86. The van der Waals surface area contributed by atoms with Crippen LogP contribution in [0.5, 0.6) is 0 Å². The molecule has 0 unspecified atom stereocenters. The fraction of sp³-hybridized carbons (Fsp3) is 0.625. The molecule has 3 rings (SSSR count). The van der Waals surface area contributed by atoms with Crippen LogP contribution in [0.2, 0.25) is 0 Å². The van der Waals surface area contributed by atoms with Gasteiger partial charge in [0.1, 0.15) is 0 Å². The molecule has 0 bridgehead atoms. The highest BCUT2D eigenvalue weighted by Crippen LogP contribution is 2.39. The summed E-state index contributed by atoms with van der Waals surface area (Å²) in [5.74, 6) is 0.306. The number of ketones is 1. The largest absolute Gasteiger partial charge is 0.292 e. The highest BCUT2D eigenvalue weighted by molar-refractivity contribution is 6.03. The number of carbonyl (C=O) groups excluding carboxylic acids is 1. The Bertz CT molecular complexity index is 431. The van der Waals surface area contributed by atoms with E-state index in [2.05, 4.69) is 9.88 Å². The number of piperidine rings is 1. The molecule has 0 radical (unpaired) electrons. The van der Waals surface area contributed by atoms with Crippen LogP contribution in [0.4, 0.5) is 0 Å². The fourth-order valence-electron chi connectivity index (χ4n) is 3.73. The molecule has 1 aliphatic carbocycles. The van der Waals surface area contributed by atoms with Crippen LogP contribution < -0.4 is 0 Å². The Balaban J connectivity index is 1.89. The molecule has 3 nitrogen and oxygen atoms in total. The molecule has 1 aliphatic heterocycles. The molecular formula is C16H22N2O. The van der Waals surface area contributed by atoms with E-state index in [1.807, 2.05) is 12.1 Å². The number of rotatable bonds is 3. The molecule has 2 fully saturated rings. The second kappa shape index (κ2) is 5.41. The first-order chi connectivity index (χ1) is 9.33. The van der Waals surface area contributed by atoms with E-state index in [9.17, 15) is 4.79 Å². The Morgan fingerprint density at radius 1 is 1.11 bits per heavy atom. The van der Waals surface area contributed by atoms with Gasteiger partial charge in [-0.2, -0.15) is 0 Å². The molecule has 102 valence electrons. The van der Waals surface area contributed by atoms with Crippen molar-refractivity contribution in [2.45, 2.75) is 50.5 Å². The molecule has 1 saturated heterocycles. The van der Waals surface area contributed by atoms with Gasteiger partial charge in [0.15, 0.2) is 5.78 Å². The zero-order valence-electron chi connectivity index (χ0n) is 11.5. The zero-order chi connectivity index (χ0) is 13.1. The van der Waals surface area contributed by atoms with E-state index < -0.39 is 0 Å². The zero-order valence-corrected chi connectivity index (χ0v) is 11.5. The molecule has 3 heteroatoms. The molecule has 19 heavy (non-hydrogen) atoms. The summed E-state index contributed by atoms with van der Waals surface area (Å²) >= 11 is 0. The molecule has 2 aliphatic rings. The van der Waals surface area contributed by atoms with Crippen molar-refractivity contribution in [2.24, 2.45) is 0 Å². The van der Waals surface area contributed by atoms with E-state index in [-0.39, 0.29) is 5.54 Å². The van der Waals surface area contributed by atoms with E-state index in [0.29, 0.717) is 5.78 Å². The first-order valence-corrected chi connectivity index (χ1v) is 7.53. The Morgan fingerprint density at radius 2 is 1.84 bits per heavy atom. The van der Waals surface area contributed by atoms with Crippen molar-refractivity contribution in [3.05, 3.63) is 30.1 Å². The van der Waals surface area contributed by atoms with Crippen LogP contribution in [-0.2, 0) is 0 Å². The maximum Gasteiger partial charge on any atom is 0.184 e. The predicted octanol–water partition coefficient (Wildman–Crippen LogP) is 3.06. The van der Waals surface area contributed by atoms with Gasteiger partial charge in [0.25, 0.3) is 0 Å². The predicted molar refractivity (Wildman–Crippen MR) is 75.2 cm³/mol. The van der Waals surface area contributed by atoms with Crippen LogP contribution in [0.3, 0.4) is 0 Å². The molecule has 1 aromatic rings. The average molecular weight is 258 g/mol. The maximum absolute atomic E-state index is 13.0. The van der Waals surface area contributed by atoms with E-state index in [0.717, 1.165) is 31.5 Å². The average Bonchev–Trinajstić information content (AvgIpc) is 2.99. The van der Waals surface area contributed by atoms with Crippen LogP contribution in [0.1, 0.15) is 55.3 Å². The van der Waals surface area contributed by atoms with Crippen molar-refractivity contribution in [1.29, 1.82) is 0 Å². The van der Waals surface area contributed by atoms with Gasteiger partial charge >= 0.3 is 0 Å². The lowest BCUT2D eigenvalue weighted by atomic mass is 9.85. The Kier molecular flexibility index (Phi) is 3.65. The summed E-state index contributed by atoms with van der Waals surface area (Å²) in [6.07, 6.45) is 11.7. The van der Waals surface area contributed by atoms with Crippen molar-refractivity contribution in [3.63, 3.8) is 0 Å². The van der Waals surface area contributed by atoms with Gasteiger partial charge in [0.05, 0.1) is 5.54 Å². The lowest BCUT2D eigenvalue weighted by Crippen LogP contribution is -2.54. The molecule has 0 spiro atoms. The van der Waals surface area contributed by atoms with Crippen LogP contribution in [0.25, 0.3) is 0 Å². The highest BCUT2D eigenvalue weighted by atomic mass is 16.1. The third kappa shape index (κ3) is 2.32. The summed E-state index contributed by atoms with van der Waals surface area (Å²) in [5.41, 5.74) is 0.568. The SMILES string of the molecule is O=C(c1cccnc1)C1(N2CCCCC2)CCCC1. The summed E-state index contributed by atoms with van der Waals surface area (Å²) < 4.78 is 0. The molecular weight excluding hydrogens is 236 g/mol. The van der Waals surface area contributed by atoms with Crippen LogP contribution in [0, 0.1) is 0 Å². The molecule has 1 aromatic heterocycles. The summed E-state index contributed by atoms with van der Waals surface area (Å²) in [6.45, 7) is 2.18. The van der Waals surface area contributed by atoms with Crippen LogP contribution in [0.15, 0.2) is 24.5 Å². The number of hydrogen-bond acceptors (Lipinski definition) is 3. The number of nitrogens with zero attached hydrogens (tertiary/aromatic N) is 2. The lowest BCUT2D eigenvalue weighted by molar-refractivity contribution is 0.0477. The summed E-state index contributed by atoms with van der Waals surface area (Å²) in [4.78, 5) is 19.6. The normalized spacial score (nSPS) is 23.4. The van der Waals surface area contributed by atoms with E-state index in [1.54, 1.807) is 12.4 Å². The van der Waals surface area contributed by atoms with Gasteiger partial charge in [0, 0.05) is 18.0 Å². The van der Waals surface area contributed by atoms with Gasteiger partial charge in [-0.1, -0.05) is 19.3 Å². The molecule has 0 aromatic carbocycles. The second-order valence-corrected chi connectivity index (χ2v) is 5.86. The van der Waals surface area contributed by atoms with Crippen LogP contribution in [-0.4, -0.2) is 34.3 Å². The standard InChI is InChI=1S/C16H22N2O/c19-15(14-7-6-10-17-13-14)16(8-2-3-9-16)18-11-4-1-5-12-18/h6-7,10,13H,1-5,8-9,11-12H2.